The van der Waals surface area contributed by atoms with Crippen molar-refractivity contribution in [3.05, 3.63) is 0 Å². The molecule has 0 bridgehead atoms. The summed E-state index contributed by atoms with van der Waals surface area (Å²) in [6.07, 6.45) is 0. The van der Waals surface area contributed by atoms with Crippen molar-refractivity contribution in [3.63, 3.8) is 0 Å². The second-order valence-electron chi connectivity index (χ2n) is 23.6. The van der Waals surface area contributed by atoms with Gasteiger partial charge in [-0.25, -0.2) is 0 Å². The Morgan fingerprint density at radius 3 is 0.362 bits per heavy atom. The molecule has 0 aromatic carbocycles. The Morgan fingerprint density at radius 1 is 0.174 bits per heavy atom. The van der Waals surface area contributed by atoms with E-state index in [-0.39, 0.29) is 26.4 Å². The van der Waals surface area contributed by atoms with Crippen LogP contribution in [0.15, 0.2) is 0 Å². The van der Waals surface area contributed by atoms with Gasteiger partial charge in [-0.3, -0.25) is 104 Å². The third kappa shape index (κ3) is 99.4. The van der Waals surface area contributed by atoms with Crippen molar-refractivity contribution in [1.82, 2.24) is 0 Å². The van der Waals surface area contributed by atoms with Gasteiger partial charge < -0.3 is 244 Å². The summed E-state index contributed by atoms with van der Waals surface area (Å²) in [6, 6.07) is 0. The van der Waals surface area contributed by atoms with Crippen LogP contribution in [-0.4, -0.2) is 268 Å². The number of phosphoric acid groups is 17. The molecule has 0 aliphatic carbocycles. The first-order valence-corrected chi connectivity index (χ1v) is 61.5. The van der Waals surface area contributed by atoms with Gasteiger partial charge in [0, 0.05) is 35.5 Å². The third-order valence-electron chi connectivity index (χ3n) is 12.0. The lowest BCUT2D eigenvalue weighted by Gasteiger charge is -2.27. The maximum atomic E-state index is 12.8. The van der Waals surface area contributed by atoms with Gasteiger partial charge in [0.1, 0.15) is 0 Å². The summed E-state index contributed by atoms with van der Waals surface area (Å²) in [4.78, 5) is 230. The molecular formula is C46H96F6O69P17-17. The largest absolute Gasteiger partial charge is 0.756 e. The minimum Gasteiger partial charge on any atom is -0.756 e. The predicted octanol–water partition coefficient (Wildman–Crippen LogP) is -6.08. The fourth-order valence-electron chi connectivity index (χ4n) is 6.18. The minimum atomic E-state index is -5.28. The van der Waals surface area contributed by atoms with Gasteiger partial charge in [0.05, 0.1) is 238 Å². The van der Waals surface area contributed by atoms with Crippen molar-refractivity contribution in [2.45, 2.75) is 27.7 Å². The molecule has 0 fully saturated rings. The zero-order valence-corrected chi connectivity index (χ0v) is 86.4. The van der Waals surface area contributed by atoms with E-state index in [1.807, 2.05) is 0 Å². The van der Waals surface area contributed by atoms with Crippen LogP contribution < -0.4 is 83.2 Å². The molecule has 0 aliphatic rings. The molecule has 23 unspecified atom stereocenters. The Labute approximate surface area is 779 Å². The zero-order valence-electron chi connectivity index (χ0n) is 71.2. The molecule has 0 aromatic rings. The fourth-order valence-corrected chi connectivity index (χ4v) is 16.9. The van der Waals surface area contributed by atoms with Crippen LogP contribution in [0, 0.1) is 35.5 Å². The highest BCUT2D eigenvalue weighted by molar-refractivity contribution is 7.49. The van der Waals surface area contributed by atoms with Gasteiger partial charge in [-0.15, -0.1) is 0 Å². The predicted molar refractivity (Wildman–Crippen MR) is 400 cm³/mol. The van der Waals surface area contributed by atoms with Crippen LogP contribution in [0.5, 0.6) is 0 Å². The van der Waals surface area contributed by atoms with E-state index in [1.54, 1.807) is 0 Å². The summed E-state index contributed by atoms with van der Waals surface area (Å²) in [5, 5.41) is 8.79. The van der Waals surface area contributed by atoms with Crippen molar-refractivity contribution in [1.29, 1.82) is 0 Å². The normalized spacial score (nSPS) is 20.8. The molecule has 0 radical (unpaired) electrons. The molecule has 92 heteroatoms. The molecule has 23 atom stereocenters. The number of phosphoric ester groups is 17. The lowest BCUT2D eigenvalue weighted by atomic mass is 10.2. The molecule has 138 heavy (non-hydrogen) atoms. The number of halogens is 6. The molecule has 0 rings (SSSR count). The van der Waals surface area contributed by atoms with Crippen molar-refractivity contribution >= 4 is 133 Å². The van der Waals surface area contributed by atoms with Crippen molar-refractivity contribution in [3.8, 4) is 0 Å². The van der Waals surface area contributed by atoms with Gasteiger partial charge in [0.15, 0.2) is 0 Å². The number of rotatable bonds is 83. The molecule has 0 spiro atoms. The number of aliphatic hydroxyl groups is 1. The van der Waals surface area contributed by atoms with Crippen LogP contribution in [0.3, 0.4) is 0 Å². The van der Waals surface area contributed by atoms with E-state index < -0.39 is 380 Å². The molecule has 0 amide bonds. The molecule has 0 heterocycles. The fraction of sp³-hybridized carbons (Fsp3) is 1.00. The van der Waals surface area contributed by atoms with E-state index in [9.17, 15) is 187 Å². The second kappa shape index (κ2) is 75.2. The van der Waals surface area contributed by atoms with E-state index in [4.69, 9.17) is 29.6 Å². The summed E-state index contributed by atoms with van der Waals surface area (Å²) in [6.45, 7) is -24.9. The molecule has 0 saturated heterocycles. The average Bonchev–Trinajstić information content (AvgIpc) is 0.923. The van der Waals surface area contributed by atoms with Crippen LogP contribution in [-0.2, 0) is 209 Å². The highest BCUT2D eigenvalue weighted by Gasteiger charge is 2.26. The molecule has 0 aromatic heterocycles. The van der Waals surface area contributed by atoms with E-state index in [1.165, 1.54) is 27.7 Å². The third-order valence-corrected chi connectivity index (χ3v) is 26.4. The number of hydrogen-bond donors (Lipinski definition) is 6. The van der Waals surface area contributed by atoms with Crippen molar-refractivity contribution < 1.29 is 348 Å². The molecule has 0 aliphatic heterocycles. The second-order valence-corrected chi connectivity index (χ2v) is 46.5. The Morgan fingerprint density at radius 2 is 0.268 bits per heavy atom. The first kappa shape index (κ1) is 148. The van der Waals surface area contributed by atoms with Gasteiger partial charge >= 0.3 is 0 Å². The lowest BCUT2D eigenvalue weighted by Crippen LogP contribution is -2.21. The SMILES string of the molecule is CCOP(=O)([O-])OCC(CF)COP(=O)([O-])O.CCOP(=O)([O-])OCC(CF)COP(=O)([O-])O.CCOP(=O)([O-])OCC(CF)COP(=O)([O-])O.CCOP(=O)([O-])OCC(CF)COP(=O)([O-])O.O=P([O-])(O)OCC(CF)COP(=O)([O-])OCCOP(=O)([O-])OCCOP(=O)([O-])OCCOP(=O)([O-])OCCOP(=O)([O-])OCCOP(=O)([O-])OCCOP(=O)([O-])OCCOP(=O)([O-])OCC(CO)CF. The standard InChI is InChI=1S/C22H53F2O37P9.4C6H15FO8P2/c23-15-21(17-25)18-60-69(41,42)57-13-11-55-67(37,38)53-9-7-51-65(33,34)49-5-3-47-63(29,30)45-1-2-46-64(31,32)48-4-6-50-66(35,36)52-8-10-54-68(39,40)56-12-14-58-70(43,44)61-20-22(16-24)19-59-62(26,27)28;4*1-2-13-17(11,12)15-5-6(3-7)4-14-16(8,9)10/h21-22,25H,1-20H2,(H,29,30)(H,31,32)(H,33,34)(H,35,36)(H,37,38)(H,39,40)(H,41,42)(H,43,44)(H2,26,27,28);4*6H,2-5H2,1H3,(H,11,12)(H2,8,9,10)/p-17. The van der Waals surface area contributed by atoms with Gasteiger partial charge in [-0.05, 0) is 27.7 Å². The number of hydrogen-bond acceptors (Lipinski definition) is 64. The Bertz CT molecular complexity index is 3880. The topological polar surface area (TPSA) is 1070 Å². The molecule has 838 valence electrons. The first-order chi connectivity index (χ1) is 62.9. The number of alkyl halides is 6. The van der Waals surface area contributed by atoms with E-state index >= 15 is 0 Å². The van der Waals surface area contributed by atoms with Crippen molar-refractivity contribution in [2.75, 3.05) is 238 Å². The van der Waals surface area contributed by atoms with Crippen LogP contribution in [0.4, 0.5) is 26.3 Å². The van der Waals surface area contributed by atoms with Gasteiger partial charge in [0.2, 0.25) is 0 Å². The maximum Gasteiger partial charge on any atom is 0.268 e. The summed E-state index contributed by atoms with van der Waals surface area (Å²) >= 11 is 0. The van der Waals surface area contributed by atoms with Crippen LogP contribution >= 0.6 is 133 Å². The van der Waals surface area contributed by atoms with Gasteiger partial charge in [0.25, 0.3) is 133 Å². The van der Waals surface area contributed by atoms with E-state index in [2.05, 4.69) is 131 Å². The summed E-state index contributed by atoms with van der Waals surface area (Å²) < 4.78 is 385. The summed E-state index contributed by atoms with van der Waals surface area (Å²) in [5.41, 5.74) is 0. The number of aliphatic hydroxyl groups excluding tert-OH is 1. The monoisotopic (exact) mass is 2390 g/mol. The molecule has 6 N–H and O–H groups in total. The van der Waals surface area contributed by atoms with Crippen molar-refractivity contribution in [2.24, 2.45) is 35.5 Å². The van der Waals surface area contributed by atoms with E-state index in [0.29, 0.717) is 0 Å². The first-order valence-electron chi connectivity index (χ1n) is 36.5. The van der Waals surface area contributed by atoms with Crippen LogP contribution in [0.25, 0.3) is 0 Å². The van der Waals surface area contributed by atoms with Gasteiger partial charge in [-0.2, -0.15) is 0 Å². The quantitative estimate of drug-likeness (QED) is 0.0187. The summed E-state index contributed by atoms with van der Waals surface area (Å²) in [5.74, 6) is -7.23. The lowest BCUT2D eigenvalue weighted by molar-refractivity contribution is -0.238. The molecular weight excluding hydrogens is 2300 g/mol. The average molecular weight is 2390 g/mol. The smallest absolute Gasteiger partial charge is 0.268 e. The van der Waals surface area contributed by atoms with Crippen LogP contribution in [0.1, 0.15) is 27.7 Å². The summed E-state index contributed by atoms with van der Waals surface area (Å²) in [7, 11) is -84.9. The maximum absolute atomic E-state index is 12.8. The molecule has 69 nitrogen and oxygen atoms in total. The molecule has 0 saturated carbocycles. The van der Waals surface area contributed by atoms with Crippen LogP contribution in [0.2, 0.25) is 0 Å². The highest BCUT2D eigenvalue weighted by atomic mass is 31.2. The highest BCUT2D eigenvalue weighted by Crippen LogP contribution is 2.49. The Hall–Kier alpha value is 1.41. The Kier molecular flexibility index (Phi) is 80.6. The van der Waals surface area contributed by atoms with E-state index in [0.717, 1.165) is 0 Å². The Balaban J connectivity index is -0.000000684. The minimum absolute atomic E-state index is 0.135. The van der Waals surface area contributed by atoms with Gasteiger partial charge in [-0.1, -0.05) is 0 Å². The zero-order chi connectivity index (χ0) is 108.